The van der Waals surface area contributed by atoms with Crippen LogP contribution in [0.25, 0.3) is 10.2 Å². The van der Waals surface area contributed by atoms with Gasteiger partial charge in [0, 0.05) is 22.7 Å². The van der Waals surface area contributed by atoms with Crippen molar-refractivity contribution < 1.29 is 9.53 Å². The van der Waals surface area contributed by atoms with E-state index in [4.69, 9.17) is 4.74 Å². The van der Waals surface area contributed by atoms with Gasteiger partial charge in [0.15, 0.2) is 0 Å². The predicted molar refractivity (Wildman–Crippen MR) is 135 cm³/mol. The Bertz CT molecular complexity index is 1330. The van der Waals surface area contributed by atoms with Crippen molar-refractivity contribution in [2.24, 2.45) is 0 Å². The quantitative estimate of drug-likeness (QED) is 0.326. The maximum atomic E-state index is 12.5. The summed E-state index contributed by atoms with van der Waals surface area (Å²) in [5.41, 5.74) is 1.89. The number of ether oxygens (including phenoxy) is 1. The van der Waals surface area contributed by atoms with Gasteiger partial charge in [0.25, 0.3) is 5.56 Å². The van der Waals surface area contributed by atoms with Gasteiger partial charge in [-0.05, 0) is 61.2 Å². The van der Waals surface area contributed by atoms with Gasteiger partial charge in [-0.1, -0.05) is 18.2 Å². The zero-order valence-electron chi connectivity index (χ0n) is 17.9. The van der Waals surface area contributed by atoms with Gasteiger partial charge < -0.3 is 15.0 Å². The van der Waals surface area contributed by atoms with Crippen LogP contribution in [-0.4, -0.2) is 21.6 Å². The Hall–Kier alpha value is -3.10. The van der Waals surface area contributed by atoms with Crippen LogP contribution < -0.4 is 15.6 Å². The summed E-state index contributed by atoms with van der Waals surface area (Å²) in [5.74, 6) is 3.32. The van der Waals surface area contributed by atoms with Crippen LogP contribution in [0, 0.1) is 0 Å². The second-order valence-electron chi connectivity index (χ2n) is 7.84. The van der Waals surface area contributed by atoms with Gasteiger partial charge in [-0.15, -0.1) is 11.3 Å². The third-order valence-corrected chi connectivity index (χ3v) is 7.61. The zero-order chi connectivity index (χ0) is 22.6. The van der Waals surface area contributed by atoms with Crippen LogP contribution in [0.1, 0.15) is 29.1 Å². The highest BCUT2D eigenvalue weighted by Crippen LogP contribution is 2.34. The monoisotopic (exact) mass is 477 g/mol. The molecule has 1 aliphatic carbocycles. The number of carbonyl (C=O) groups is 1. The number of thioether (sulfide) groups is 1. The molecule has 0 unspecified atom stereocenters. The van der Waals surface area contributed by atoms with Crippen LogP contribution in [0.5, 0.6) is 11.5 Å². The van der Waals surface area contributed by atoms with E-state index >= 15 is 0 Å². The van der Waals surface area contributed by atoms with E-state index in [9.17, 15) is 9.59 Å². The third kappa shape index (κ3) is 5.12. The number of nitrogens with zero attached hydrogens (tertiary/aromatic N) is 1. The van der Waals surface area contributed by atoms with E-state index < -0.39 is 0 Å². The second-order valence-corrected chi connectivity index (χ2v) is 10.0. The Kier molecular flexibility index (Phi) is 6.46. The summed E-state index contributed by atoms with van der Waals surface area (Å²) in [6.07, 6.45) is 3.54. The van der Waals surface area contributed by atoms with Gasteiger partial charge in [-0.2, -0.15) is 11.8 Å². The number of aromatic amines is 1. The Morgan fingerprint density at radius 3 is 2.70 bits per heavy atom. The molecule has 0 atom stereocenters. The highest BCUT2D eigenvalue weighted by molar-refractivity contribution is 7.98. The van der Waals surface area contributed by atoms with Crippen LogP contribution in [0.2, 0.25) is 0 Å². The van der Waals surface area contributed by atoms with E-state index in [2.05, 4.69) is 15.3 Å². The fourth-order valence-corrected chi connectivity index (χ4v) is 5.99. The number of thiophene rings is 1. The molecule has 0 saturated heterocycles. The molecular weight excluding hydrogens is 454 g/mol. The van der Waals surface area contributed by atoms with Gasteiger partial charge in [0.1, 0.15) is 22.2 Å². The zero-order valence-corrected chi connectivity index (χ0v) is 19.6. The molecule has 0 radical (unpaired) electrons. The van der Waals surface area contributed by atoms with Crippen molar-refractivity contribution in [1.82, 2.24) is 9.97 Å². The number of fused-ring (bicyclic) bond motifs is 3. The van der Waals surface area contributed by atoms with Gasteiger partial charge >= 0.3 is 0 Å². The number of aromatic nitrogens is 2. The van der Waals surface area contributed by atoms with Crippen LogP contribution in [0.3, 0.4) is 0 Å². The number of carbonyl (C=O) groups excluding carboxylic acids is 1. The number of hydrogen-bond donors (Lipinski definition) is 2. The molecule has 0 saturated carbocycles. The van der Waals surface area contributed by atoms with Crippen LogP contribution in [0.15, 0.2) is 59.4 Å². The lowest BCUT2D eigenvalue weighted by molar-refractivity contribution is -0.115. The lowest BCUT2D eigenvalue weighted by Gasteiger charge is -2.08. The molecule has 8 heteroatoms. The number of anilines is 1. The van der Waals surface area contributed by atoms with E-state index in [0.29, 0.717) is 29.5 Å². The predicted octanol–water partition coefficient (Wildman–Crippen LogP) is 5.53. The smallest absolute Gasteiger partial charge is 0.259 e. The van der Waals surface area contributed by atoms with Gasteiger partial charge in [0.2, 0.25) is 5.91 Å². The fourth-order valence-electron chi connectivity index (χ4n) is 3.90. The van der Waals surface area contributed by atoms with E-state index in [0.717, 1.165) is 40.9 Å². The molecule has 2 aromatic carbocycles. The van der Waals surface area contributed by atoms with E-state index in [-0.39, 0.29) is 11.5 Å². The molecule has 0 fully saturated rings. The lowest BCUT2D eigenvalue weighted by atomic mass is 10.2. The highest BCUT2D eigenvalue weighted by atomic mass is 32.2. The van der Waals surface area contributed by atoms with Crippen molar-refractivity contribution in [2.75, 3.05) is 11.1 Å². The largest absolute Gasteiger partial charge is 0.457 e. The average Bonchev–Trinajstić information content (AvgIpc) is 3.40. The van der Waals surface area contributed by atoms with Gasteiger partial charge in [0.05, 0.1) is 11.1 Å². The summed E-state index contributed by atoms with van der Waals surface area (Å²) in [7, 11) is 0. The minimum absolute atomic E-state index is 0.0348. The van der Waals surface area contributed by atoms with Crippen molar-refractivity contribution in [1.29, 1.82) is 0 Å². The minimum Gasteiger partial charge on any atom is -0.457 e. The van der Waals surface area contributed by atoms with E-state index in [1.54, 1.807) is 23.1 Å². The number of para-hydroxylation sites is 1. The molecule has 2 heterocycles. The second kappa shape index (κ2) is 9.80. The van der Waals surface area contributed by atoms with Crippen molar-refractivity contribution in [2.45, 2.75) is 31.4 Å². The Morgan fingerprint density at radius 2 is 1.88 bits per heavy atom. The molecule has 33 heavy (non-hydrogen) atoms. The molecule has 2 aromatic heterocycles. The van der Waals surface area contributed by atoms with Crippen LogP contribution in [-0.2, 0) is 23.4 Å². The van der Waals surface area contributed by atoms with Crippen LogP contribution >= 0.6 is 23.1 Å². The Labute approximate surface area is 199 Å². The average molecular weight is 478 g/mol. The Balaban J connectivity index is 1.09. The standard InChI is InChI=1S/C25H23N3O3S2/c29-22(26-16-9-11-18(12-10-16)31-17-5-2-1-3-6-17)13-14-32-15-21-27-24(30)23-19-7-4-8-20(19)33-25(23)28-21/h1-3,5-6,9-12H,4,7-8,13-15H2,(H,26,29)(H,27,28,30). The normalized spacial score (nSPS) is 12.6. The molecule has 168 valence electrons. The molecule has 0 spiro atoms. The maximum absolute atomic E-state index is 12.5. The number of amides is 1. The first-order valence-corrected chi connectivity index (χ1v) is 12.9. The number of nitrogens with one attached hydrogen (secondary N) is 2. The summed E-state index contributed by atoms with van der Waals surface area (Å²) in [6.45, 7) is 0. The lowest BCUT2D eigenvalue weighted by Crippen LogP contribution is -2.13. The minimum atomic E-state index is -0.0502. The van der Waals surface area contributed by atoms with Crippen molar-refractivity contribution in [3.63, 3.8) is 0 Å². The molecule has 4 aromatic rings. The molecular formula is C25H23N3O3S2. The fraction of sp³-hybridized carbons (Fsp3) is 0.240. The van der Waals surface area contributed by atoms with Crippen molar-refractivity contribution in [3.8, 4) is 11.5 Å². The number of hydrogen-bond acceptors (Lipinski definition) is 6. The van der Waals surface area contributed by atoms with Crippen LogP contribution in [0.4, 0.5) is 5.69 Å². The summed E-state index contributed by atoms with van der Waals surface area (Å²) >= 11 is 3.24. The first-order valence-electron chi connectivity index (χ1n) is 10.9. The molecule has 5 rings (SSSR count). The van der Waals surface area contributed by atoms with Crippen molar-refractivity contribution >= 4 is 44.9 Å². The molecule has 1 aliphatic rings. The molecule has 1 amide bonds. The number of benzene rings is 2. The summed E-state index contributed by atoms with van der Waals surface area (Å²) in [6, 6.07) is 16.9. The summed E-state index contributed by atoms with van der Waals surface area (Å²) in [5, 5.41) is 3.69. The van der Waals surface area contributed by atoms with Crippen molar-refractivity contribution in [3.05, 3.63) is 81.2 Å². The first-order chi connectivity index (χ1) is 16.2. The Morgan fingerprint density at radius 1 is 1.09 bits per heavy atom. The summed E-state index contributed by atoms with van der Waals surface area (Å²) in [4.78, 5) is 34.5. The summed E-state index contributed by atoms with van der Waals surface area (Å²) < 4.78 is 5.77. The third-order valence-electron chi connectivity index (χ3n) is 5.45. The molecule has 0 aliphatic heterocycles. The van der Waals surface area contributed by atoms with E-state index in [1.165, 1.54) is 10.4 Å². The first kappa shape index (κ1) is 21.7. The SMILES string of the molecule is O=C(CCSCc1nc2sc3c(c2c(=O)[nH]1)CCC3)Nc1ccc(Oc2ccccc2)cc1. The number of H-pyrrole nitrogens is 1. The molecule has 0 bridgehead atoms. The molecule has 2 N–H and O–H groups in total. The molecule has 6 nitrogen and oxygen atoms in total. The van der Waals surface area contributed by atoms with Gasteiger partial charge in [-0.25, -0.2) is 4.98 Å². The van der Waals surface area contributed by atoms with E-state index in [1.807, 2.05) is 54.6 Å². The maximum Gasteiger partial charge on any atom is 0.259 e. The number of aryl methyl sites for hydroxylation is 2. The number of rotatable bonds is 8. The topological polar surface area (TPSA) is 84.1 Å². The highest BCUT2D eigenvalue weighted by Gasteiger charge is 2.21. The van der Waals surface area contributed by atoms with Gasteiger partial charge in [-0.3, -0.25) is 9.59 Å².